The number of rotatable bonds is 5. The van der Waals surface area contributed by atoms with Crippen molar-refractivity contribution in [2.75, 3.05) is 28.4 Å². The lowest BCUT2D eigenvalue weighted by atomic mass is 9.91. The molecule has 1 aliphatic rings. The molecule has 3 rings (SSSR count). The van der Waals surface area contributed by atoms with Gasteiger partial charge < -0.3 is 28.8 Å². The Morgan fingerprint density at radius 3 is 2.23 bits per heavy atom. The molecular weight excluding hydrogens is 336 g/mol. The molecule has 0 fully saturated rings. The van der Waals surface area contributed by atoms with Gasteiger partial charge in [0.2, 0.25) is 17.2 Å². The van der Waals surface area contributed by atoms with Crippen LogP contribution in [0.2, 0.25) is 0 Å². The monoisotopic (exact) mass is 358 g/mol. The van der Waals surface area contributed by atoms with Crippen molar-refractivity contribution < 1.29 is 28.8 Å². The molecule has 1 heterocycles. The number of phenols is 1. The third-order valence-corrected chi connectivity index (χ3v) is 4.44. The molecule has 2 aromatic carbocycles. The molecule has 6 nitrogen and oxygen atoms in total. The SMILES string of the molecule is C=C1CC(c2ccccc2OC)Oc2c(OC)c(OC)c(OC)c(O)c21. The van der Waals surface area contributed by atoms with Crippen LogP contribution in [-0.2, 0) is 0 Å². The van der Waals surface area contributed by atoms with E-state index in [4.69, 9.17) is 23.7 Å². The average Bonchev–Trinajstić information content (AvgIpc) is 2.66. The summed E-state index contributed by atoms with van der Waals surface area (Å²) in [6.07, 6.45) is 0.150. The molecule has 138 valence electrons. The molecule has 1 atom stereocenters. The highest BCUT2D eigenvalue weighted by Crippen LogP contribution is 2.58. The molecular formula is C20H22O6. The predicted molar refractivity (Wildman–Crippen MR) is 97.8 cm³/mol. The van der Waals surface area contributed by atoms with E-state index in [2.05, 4.69) is 6.58 Å². The molecule has 0 aliphatic carbocycles. The van der Waals surface area contributed by atoms with Crippen LogP contribution in [0.5, 0.6) is 34.5 Å². The average molecular weight is 358 g/mol. The van der Waals surface area contributed by atoms with E-state index in [1.807, 2.05) is 24.3 Å². The number of phenolic OH excluding ortho intramolecular Hbond substituents is 1. The lowest BCUT2D eigenvalue weighted by Crippen LogP contribution is -2.16. The van der Waals surface area contributed by atoms with Crippen LogP contribution in [0.3, 0.4) is 0 Å². The topological polar surface area (TPSA) is 66.4 Å². The van der Waals surface area contributed by atoms with Gasteiger partial charge in [-0.25, -0.2) is 0 Å². The first-order valence-electron chi connectivity index (χ1n) is 8.09. The third kappa shape index (κ3) is 2.67. The highest BCUT2D eigenvalue weighted by Gasteiger charge is 2.35. The Morgan fingerprint density at radius 1 is 0.962 bits per heavy atom. The summed E-state index contributed by atoms with van der Waals surface area (Å²) in [4.78, 5) is 0. The van der Waals surface area contributed by atoms with Crippen LogP contribution in [0.25, 0.3) is 5.57 Å². The van der Waals surface area contributed by atoms with Crippen molar-refractivity contribution in [3.63, 3.8) is 0 Å². The highest BCUT2D eigenvalue weighted by molar-refractivity contribution is 5.84. The second kappa shape index (κ2) is 7.07. The predicted octanol–water partition coefficient (Wildman–Crippen LogP) is 3.96. The standard InChI is InChI=1S/C20H22O6/c1-11-10-14(12-8-6-7-9-13(12)22-2)26-17-15(11)16(21)18(23-3)20(25-5)19(17)24-4/h6-9,14,21H,1,10H2,2-5H3. The van der Waals surface area contributed by atoms with Gasteiger partial charge in [0.05, 0.1) is 34.0 Å². The lowest BCUT2D eigenvalue weighted by molar-refractivity contribution is 0.183. The van der Waals surface area contributed by atoms with E-state index in [1.54, 1.807) is 7.11 Å². The van der Waals surface area contributed by atoms with Gasteiger partial charge in [-0.2, -0.15) is 0 Å². The summed E-state index contributed by atoms with van der Waals surface area (Å²) < 4.78 is 27.9. The number of ether oxygens (including phenoxy) is 5. The van der Waals surface area contributed by atoms with E-state index in [0.717, 1.165) is 11.3 Å². The summed E-state index contributed by atoms with van der Waals surface area (Å²) in [6, 6.07) is 7.63. The Hall–Kier alpha value is -3.02. The molecule has 1 aliphatic heterocycles. The number of fused-ring (bicyclic) bond motifs is 1. The van der Waals surface area contributed by atoms with E-state index < -0.39 is 0 Å². The first kappa shape index (κ1) is 17.8. The van der Waals surface area contributed by atoms with Gasteiger partial charge in [0.1, 0.15) is 11.9 Å². The van der Waals surface area contributed by atoms with Crippen LogP contribution in [0.4, 0.5) is 0 Å². The molecule has 26 heavy (non-hydrogen) atoms. The summed E-state index contributed by atoms with van der Waals surface area (Å²) >= 11 is 0. The Balaban J connectivity index is 2.18. The largest absolute Gasteiger partial charge is 0.504 e. The van der Waals surface area contributed by atoms with Crippen molar-refractivity contribution >= 4 is 5.57 Å². The Kier molecular flexibility index (Phi) is 4.84. The number of aromatic hydroxyl groups is 1. The summed E-state index contributed by atoms with van der Waals surface area (Å²) in [6.45, 7) is 4.12. The third-order valence-electron chi connectivity index (χ3n) is 4.44. The van der Waals surface area contributed by atoms with Crippen molar-refractivity contribution in [3.8, 4) is 34.5 Å². The molecule has 0 saturated heterocycles. The van der Waals surface area contributed by atoms with E-state index >= 15 is 0 Å². The molecule has 0 saturated carbocycles. The maximum Gasteiger partial charge on any atom is 0.211 e. The summed E-state index contributed by atoms with van der Waals surface area (Å²) in [5, 5.41) is 10.7. The summed E-state index contributed by atoms with van der Waals surface area (Å²) in [5.41, 5.74) is 2.06. The van der Waals surface area contributed by atoms with Gasteiger partial charge in [0.15, 0.2) is 11.5 Å². The van der Waals surface area contributed by atoms with Crippen molar-refractivity contribution in [2.45, 2.75) is 12.5 Å². The summed E-state index contributed by atoms with van der Waals surface area (Å²) in [5.74, 6) is 1.80. The smallest absolute Gasteiger partial charge is 0.211 e. The van der Waals surface area contributed by atoms with Gasteiger partial charge in [-0.05, 0) is 11.6 Å². The first-order valence-corrected chi connectivity index (χ1v) is 8.09. The summed E-state index contributed by atoms with van der Waals surface area (Å²) in [7, 11) is 6.05. The fourth-order valence-corrected chi connectivity index (χ4v) is 3.26. The second-order valence-electron chi connectivity index (χ2n) is 5.81. The van der Waals surface area contributed by atoms with Crippen molar-refractivity contribution in [2.24, 2.45) is 0 Å². The second-order valence-corrected chi connectivity index (χ2v) is 5.81. The van der Waals surface area contributed by atoms with Gasteiger partial charge in [-0.1, -0.05) is 24.8 Å². The number of hydrogen-bond acceptors (Lipinski definition) is 6. The normalized spacial score (nSPS) is 15.7. The van der Waals surface area contributed by atoms with Crippen LogP contribution >= 0.6 is 0 Å². The molecule has 0 bridgehead atoms. The van der Waals surface area contributed by atoms with Crippen LogP contribution in [0.15, 0.2) is 30.8 Å². The van der Waals surface area contributed by atoms with Crippen molar-refractivity contribution in [3.05, 3.63) is 42.0 Å². The van der Waals surface area contributed by atoms with E-state index in [0.29, 0.717) is 29.1 Å². The van der Waals surface area contributed by atoms with E-state index in [1.165, 1.54) is 21.3 Å². The van der Waals surface area contributed by atoms with Gasteiger partial charge in [0.25, 0.3) is 0 Å². The lowest BCUT2D eigenvalue weighted by Gasteiger charge is -2.31. The molecule has 1 N–H and O–H groups in total. The number of benzene rings is 2. The molecule has 0 radical (unpaired) electrons. The Labute approximate surface area is 152 Å². The van der Waals surface area contributed by atoms with Crippen LogP contribution in [0.1, 0.15) is 23.7 Å². The quantitative estimate of drug-likeness (QED) is 0.873. The first-order chi connectivity index (χ1) is 12.6. The number of hydrogen-bond donors (Lipinski definition) is 1. The highest BCUT2D eigenvalue weighted by atomic mass is 16.6. The maximum absolute atomic E-state index is 10.7. The van der Waals surface area contributed by atoms with E-state index in [9.17, 15) is 5.11 Å². The Morgan fingerprint density at radius 2 is 1.62 bits per heavy atom. The van der Waals surface area contributed by atoms with E-state index in [-0.39, 0.29) is 23.4 Å². The van der Waals surface area contributed by atoms with Crippen molar-refractivity contribution in [1.29, 1.82) is 0 Å². The van der Waals surface area contributed by atoms with Crippen LogP contribution < -0.4 is 23.7 Å². The Bertz CT molecular complexity index is 843. The minimum atomic E-state index is -0.336. The zero-order valence-corrected chi connectivity index (χ0v) is 15.3. The van der Waals surface area contributed by atoms with Crippen molar-refractivity contribution in [1.82, 2.24) is 0 Å². The van der Waals surface area contributed by atoms with Gasteiger partial charge in [-0.15, -0.1) is 0 Å². The molecule has 6 heteroatoms. The molecule has 0 aromatic heterocycles. The fourth-order valence-electron chi connectivity index (χ4n) is 3.26. The zero-order chi connectivity index (χ0) is 18.8. The van der Waals surface area contributed by atoms with Crippen LogP contribution in [-0.4, -0.2) is 33.5 Å². The number of methoxy groups -OCH3 is 4. The van der Waals surface area contributed by atoms with Gasteiger partial charge >= 0.3 is 0 Å². The van der Waals surface area contributed by atoms with Gasteiger partial charge in [-0.3, -0.25) is 0 Å². The molecule has 1 unspecified atom stereocenters. The van der Waals surface area contributed by atoms with Crippen LogP contribution in [0, 0.1) is 0 Å². The molecule has 2 aromatic rings. The minimum absolute atomic E-state index is 0.0800. The molecule has 0 amide bonds. The zero-order valence-electron chi connectivity index (χ0n) is 15.3. The maximum atomic E-state index is 10.7. The number of para-hydroxylation sites is 1. The minimum Gasteiger partial charge on any atom is -0.504 e. The molecule has 0 spiro atoms. The fraction of sp³-hybridized carbons (Fsp3) is 0.300. The van der Waals surface area contributed by atoms with Gasteiger partial charge in [0, 0.05) is 12.0 Å².